The summed E-state index contributed by atoms with van der Waals surface area (Å²) in [6.07, 6.45) is 0. The summed E-state index contributed by atoms with van der Waals surface area (Å²) in [5, 5.41) is 12.6. The van der Waals surface area contributed by atoms with Crippen LogP contribution in [0, 0.1) is 0 Å². The third kappa shape index (κ3) is 5.72. The smallest absolute Gasteiger partial charge is 0.00988 e. The fraction of sp³-hybridized carbons (Fsp3) is 0. The van der Waals surface area contributed by atoms with E-state index in [0.29, 0.717) is 0 Å². The van der Waals surface area contributed by atoms with Gasteiger partial charge in [0.1, 0.15) is 0 Å². The predicted molar refractivity (Wildman–Crippen MR) is 241 cm³/mol. The first kappa shape index (κ1) is 32.2. The molecule has 0 saturated heterocycles. The second-order valence-electron chi connectivity index (χ2n) is 15.0. The predicted octanol–water partition coefficient (Wildman–Crippen LogP) is 15.8. The van der Waals surface area contributed by atoms with Crippen molar-refractivity contribution in [2.45, 2.75) is 0 Å². The first-order valence-corrected chi connectivity index (χ1v) is 19.4. The SMILES string of the molecule is c1ccc(-c2cc3ccccc3cc2-c2ccc3c(ccc4cc(-c5ccc(-c6ccc7cc(-c8ccc9ccccc9c8)ccc7c6)cc5)ccc43)c2)cc1. The monoisotopic (exact) mass is 708 g/mol. The first-order valence-electron chi connectivity index (χ1n) is 19.4. The summed E-state index contributed by atoms with van der Waals surface area (Å²) in [4.78, 5) is 0. The van der Waals surface area contributed by atoms with Gasteiger partial charge in [-0.1, -0.05) is 176 Å². The van der Waals surface area contributed by atoms with Gasteiger partial charge in [-0.3, -0.25) is 0 Å². The molecule has 0 atom stereocenters. The van der Waals surface area contributed by atoms with Crippen LogP contribution in [0.3, 0.4) is 0 Å². The van der Waals surface area contributed by atoms with E-state index < -0.39 is 0 Å². The zero-order valence-corrected chi connectivity index (χ0v) is 30.8. The van der Waals surface area contributed by atoms with Gasteiger partial charge in [0.25, 0.3) is 0 Å². The molecule has 0 saturated carbocycles. The Bertz CT molecular complexity index is 3280. The molecule has 0 aliphatic carbocycles. The Labute approximate surface area is 326 Å². The molecule has 0 nitrogen and oxygen atoms in total. The van der Waals surface area contributed by atoms with Crippen molar-refractivity contribution in [3.05, 3.63) is 218 Å². The van der Waals surface area contributed by atoms with Crippen molar-refractivity contribution < 1.29 is 0 Å². The highest BCUT2D eigenvalue weighted by molar-refractivity contribution is 6.10. The maximum absolute atomic E-state index is 2.36. The van der Waals surface area contributed by atoms with Crippen LogP contribution in [-0.4, -0.2) is 0 Å². The van der Waals surface area contributed by atoms with E-state index in [1.54, 1.807) is 0 Å². The highest BCUT2D eigenvalue weighted by Crippen LogP contribution is 2.39. The molecule has 56 heavy (non-hydrogen) atoms. The Morgan fingerprint density at radius 1 is 0.161 bits per heavy atom. The van der Waals surface area contributed by atoms with E-state index in [0.717, 1.165) is 0 Å². The molecule has 0 amide bonds. The van der Waals surface area contributed by atoms with Gasteiger partial charge in [-0.05, 0) is 152 Å². The van der Waals surface area contributed by atoms with Crippen molar-refractivity contribution in [2.75, 3.05) is 0 Å². The molecule has 0 aliphatic heterocycles. The number of hydrogen-bond acceptors (Lipinski definition) is 0. The Hall–Kier alpha value is -7.28. The van der Waals surface area contributed by atoms with Crippen LogP contribution in [0.4, 0.5) is 0 Å². The Morgan fingerprint density at radius 2 is 0.482 bits per heavy atom. The number of benzene rings is 11. The third-order valence-electron chi connectivity index (χ3n) is 11.6. The summed E-state index contributed by atoms with van der Waals surface area (Å²) in [5.74, 6) is 0. The maximum Gasteiger partial charge on any atom is -0.00988 e. The zero-order valence-electron chi connectivity index (χ0n) is 30.8. The summed E-state index contributed by atoms with van der Waals surface area (Å²) < 4.78 is 0. The van der Waals surface area contributed by atoms with Crippen molar-refractivity contribution in [1.82, 2.24) is 0 Å². The van der Waals surface area contributed by atoms with Gasteiger partial charge in [-0.25, -0.2) is 0 Å². The van der Waals surface area contributed by atoms with Crippen LogP contribution in [0.1, 0.15) is 0 Å². The fourth-order valence-electron chi connectivity index (χ4n) is 8.58. The fourth-order valence-corrected chi connectivity index (χ4v) is 8.58. The lowest BCUT2D eigenvalue weighted by molar-refractivity contribution is 1.61. The molecule has 0 radical (unpaired) electrons. The Kier molecular flexibility index (Phi) is 7.60. The molecule has 0 N–H and O–H groups in total. The number of fused-ring (bicyclic) bond motifs is 6. The van der Waals surface area contributed by atoms with Gasteiger partial charge in [-0.15, -0.1) is 0 Å². The second kappa shape index (κ2) is 13.2. The molecule has 11 aromatic carbocycles. The molecule has 260 valence electrons. The molecule has 0 unspecified atom stereocenters. The van der Waals surface area contributed by atoms with Gasteiger partial charge in [0.15, 0.2) is 0 Å². The third-order valence-corrected chi connectivity index (χ3v) is 11.6. The van der Waals surface area contributed by atoms with Gasteiger partial charge in [-0.2, -0.15) is 0 Å². The van der Waals surface area contributed by atoms with Gasteiger partial charge in [0.05, 0.1) is 0 Å². The van der Waals surface area contributed by atoms with Crippen LogP contribution < -0.4 is 0 Å². The van der Waals surface area contributed by atoms with Crippen LogP contribution in [-0.2, 0) is 0 Å². The summed E-state index contributed by atoms with van der Waals surface area (Å²) in [7, 11) is 0. The summed E-state index contributed by atoms with van der Waals surface area (Å²) in [6, 6.07) is 80.4. The molecule has 11 rings (SSSR count). The molecule has 0 fully saturated rings. The average Bonchev–Trinajstić information content (AvgIpc) is 3.28. The molecule has 0 bridgehead atoms. The quantitative estimate of drug-likeness (QED) is 0.156. The standard InChI is InChI=1S/C56H36/c1-2-9-40(10-3-1)55-35-42-12-6-7-13-43(42)36-56(55)52-27-29-54-51(34-52)25-24-50-33-45(26-28-53(50)54)39-16-14-38(15-17-39)44-20-21-48-32-49(23-22-47(48)31-44)46-19-18-37-8-4-5-11-41(37)30-46/h1-36H. The van der Waals surface area contributed by atoms with Crippen molar-refractivity contribution in [3.63, 3.8) is 0 Å². The number of rotatable bonds is 5. The van der Waals surface area contributed by atoms with E-state index in [1.807, 2.05) is 0 Å². The van der Waals surface area contributed by atoms with E-state index in [9.17, 15) is 0 Å². The largest absolute Gasteiger partial charge is 0.0622 e. The lowest BCUT2D eigenvalue weighted by Crippen LogP contribution is -1.88. The van der Waals surface area contributed by atoms with Crippen LogP contribution >= 0.6 is 0 Å². The van der Waals surface area contributed by atoms with E-state index in [-0.39, 0.29) is 0 Å². The molecule has 0 heteroatoms. The first-order chi connectivity index (χ1) is 27.7. The highest BCUT2D eigenvalue weighted by Gasteiger charge is 2.12. The Morgan fingerprint density at radius 3 is 1.04 bits per heavy atom. The van der Waals surface area contributed by atoms with Crippen LogP contribution in [0.2, 0.25) is 0 Å². The highest BCUT2D eigenvalue weighted by atomic mass is 14.2. The summed E-state index contributed by atoms with van der Waals surface area (Å²) >= 11 is 0. The van der Waals surface area contributed by atoms with Crippen molar-refractivity contribution in [3.8, 4) is 55.6 Å². The van der Waals surface area contributed by atoms with Gasteiger partial charge in [0.2, 0.25) is 0 Å². The molecule has 0 spiro atoms. The lowest BCUT2D eigenvalue weighted by atomic mass is 9.90. The van der Waals surface area contributed by atoms with Gasteiger partial charge < -0.3 is 0 Å². The zero-order chi connectivity index (χ0) is 37.0. The maximum atomic E-state index is 2.36. The normalized spacial score (nSPS) is 11.6. The lowest BCUT2D eigenvalue weighted by Gasteiger charge is -2.14. The van der Waals surface area contributed by atoms with E-state index in [1.165, 1.54) is 109 Å². The topological polar surface area (TPSA) is 0 Å². The molecule has 11 aromatic rings. The van der Waals surface area contributed by atoms with Crippen LogP contribution in [0.25, 0.3) is 109 Å². The molecular weight excluding hydrogens is 673 g/mol. The van der Waals surface area contributed by atoms with Crippen molar-refractivity contribution >= 4 is 53.9 Å². The molecular formula is C56H36. The Balaban J connectivity index is 0.881. The minimum atomic E-state index is 1.22. The minimum Gasteiger partial charge on any atom is -0.0622 e. The average molecular weight is 709 g/mol. The summed E-state index contributed by atoms with van der Waals surface area (Å²) in [5.41, 5.74) is 12.4. The van der Waals surface area contributed by atoms with Gasteiger partial charge >= 0.3 is 0 Å². The van der Waals surface area contributed by atoms with E-state index in [2.05, 4.69) is 218 Å². The minimum absolute atomic E-state index is 1.22. The van der Waals surface area contributed by atoms with Crippen LogP contribution in [0.15, 0.2) is 218 Å². The van der Waals surface area contributed by atoms with E-state index in [4.69, 9.17) is 0 Å². The second-order valence-corrected chi connectivity index (χ2v) is 15.0. The van der Waals surface area contributed by atoms with Crippen molar-refractivity contribution in [1.29, 1.82) is 0 Å². The summed E-state index contributed by atoms with van der Waals surface area (Å²) in [6.45, 7) is 0. The van der Waals surface area contributed by atoms with Crippen LogP contribution in [0.5, 0.6) is 0 Å². The molecule has 0 aromatic heterocycles. The molecule has 0 heterocycles. The van der Waals surface area contributed by atoms with Gasteiger partial charge in [0, 0.05) is 0 Å². The molecule has 0 aliphatic rings. The van der Waals surface area contributed by atoms with Crippen molar-refractivity contribution in [2.24, 2.45) is 0 Å². The van der Waals surface area contributed by atoms with E-state index >= 15 is 0 Å². The number of hydrogen-bond donors (Lipinski definition) is 0.